The Labute approximate surface area is 129 Å². The predicted molar refractivity (Wildman–Crippen MR) is 76.5 cm³/mol. The van der Waals surface area contributed by atoms with Crippen molar-refractivity contribution in [3.63, 3.8) is 0 Å². The summed E-state index contributed by atoms with van der Waals surface area (Å²) in [6, 6.07) is 6.61. The van der Waals surface area contributed by atoms with Crippen LogP contribution in [0.4, 0.5) is 8.78 Å². The molecule has 0 fully saturated rings. The molecule has 20 heavy (non-hydrogen) atoms. The van der Waals surface area contributed by atoms with Gasteiger partial charge in [-0.3, -0.25) is 0 Å². The molecule has 0 saturated heterocycles. The molecule has 106 valence electrons. The van der Waals surface area contributed by atoms with Gasteiger partial charge in [0.1, 0.15) is 0 Å². The van der Waals surface area contributed by atoms with E-state index in [1.54, 1.807) is 18.2 Å². The van der Waals surface area contributed by atoms with Crippen molar-refractivity contribution in [2.75, 3.05) is 0 Å². The van der Waals surface area contributed by atoms with Crippen LogP contribution in [0.15, 0.2) is 30.3 Å². The highest BCUT2D eigenvalue weighted by molar-refractivity contribution is 6.42. The average Bonchev–Trinajstić information content (AvgIpc) is 2.38. The van der Waals surface area contributed by atoms with Crippen molar-refractivity contribution in [3.05, 3.63) is 68.2 Å². The van der Waals surface area contributed by atoms with E-state index >= 15 is 0 Å². The second-order valence-electron chi connectivity index (χ2n) is 4.26. The summed E-state index contributed by atoms with van der Waals surface area (Å²) in [6.45, 7) is 0. The Morgan fingerprint density at radius 1 is 0.900 bits per heavy atom. The van der Waals surface area contributed by atoms with E-state index in [1.807, 2.05) is 0 Å². The molecule has 0 aliphatic carbocycles. The van der Waals surface area contributed by atoms with Crippen LogP contribution in [0.3, 0.4) is 0 Å². The maximum Gasteiger partial charge on any atom is 0.160 e. The van der Waals surface area contributed by atoms with Gasteiger partial charge < -0.3 is 5.11 Å². The van der Waals surface area contributed by atoms with Crippen LogP contribution in [0.2, 0.25) is 15.1 Å². The van der Waals surface area contributed by atoms with Gasteiger partial charge in [0.05, 0.1) is 16.1 Å². The summed E-state index contributed by atoms with van der Waals surface area (Å²) in [6.07, 6.45) is -0.920. The molecule has 0 heterocycles. The smallest absolute Gasteiger partial charge is 0.160 e. The molecule has 1 atom stereocenters. The number of rotatable bonds is 3. The van der Waals surface area contributed by atoms with Crippen LogP contribution in [0.1, 0.15) is 17.2 Å². The molecule has 6 heteroatoms. The zero-order chi connectivity index (χ0) is 14.9. The minimum Gasteiger partial charge on any atom is -0.388 e. The molecule has 0 spiro atoms. The topological polar surface area (TPSA) is 20.2 Å². The van der Waals surface area contributed by atoms with Crippen molar-refractivity contribution in [2.45, 2.75) is 12.5 Å². The lowest BCUT2D eigenvalue weighted by molar-refractivity contribution is 0.178. The summed E-state index contributed by atoms with van der Waals surface area (Å²) in [7, 11) is 0. The van der Waals surface area contributed by atoms with Crippen LogP contribution in [-0.2, 0) is 6.42 Å². The first-order valence-electron chi connectivity index (χ1n) is 5.65. The molecule has 1 unspecified atom stereocenters. The second kappa shape index (κ2) is 6.27. The van der Waals surface area contributed by atoms with E-state index in [1.165, 1.54) is 0 Å². The van der Waals surface area contributed by atoms with Crippen LogP contribution in [-0.4, -0.2) is 5.11 Å². The summed E-state index contributed by atoms with van der Waals surface area (Å²) in [5.41, 5.74) is 0.823. The van der Waals surface area contributed by atoms with E-state index in [2.05, 4.69) is 0 Å². The van der Waals surface area contributed by atoms with Crippen LogP contribution < -0.4 is 0 Å². The van der Waals surface area contributed by atoms with Gasteiger partial charge in [-0.2, -0.15) is 0 Å². The van der Waals surface area contributed by atoms with E-state index in [0.717, 1.165) is 12.1 Å². The van der Waals surface area contributed by atoms with Gasteiger partial charge >= 0.3 is 0 Å². The first kappa shape index (κ1) is 15.5. The first-order chi connectivity index (χ1) is 9.38. The number of aliphatic hydroxyl groups is 1. The largest absolute Gasteiger partial charge is 0.388 e. The molecule has 1 N–H and O–H groups in total. The zero-order valence-electron chi connectivity index (χ0n) is 10.0. The van der Waals surface area contributed by atoms with Gasteiger partial charge in [-0.15, -0.1) is 0 Å². The minimum absolute atomic E-state index is 0.0311. The Morgan fingerprint density at radius 3 is 2.20 bits per heavy atom. The van der Waals surface area contributed by atoms with Crippen molar-refractivity contribution in [1.82, 2.24) is 0 Å². The third-order valence-electron chi connectivity index (χ3n) is 2.81. The Morgan fingerprint density at radius 2 is 1.55 bits per heavy atom. The van der Waals surface area contributed by atoms with Crippen molar-refractivity contribution in [1.29, 1.82) is 0 Å². The number of hydrogen-bond acceptors (Lipinski definition) is 1. The third kappa shape index (κ3) is 3.41. The lowest BCUT2D eigenvalue weighted by Crippen LogP contribution is -2.04. The van der Waals surface area contributed by atoms with Crippen LogP contribution in [0, 0.1) is 11.6 Å². The summed E-state index contributed by atoms with van der Waals surface area (Å²) >= 11 is 17.5. The van der Waals surface area contributed by atoms with Crippen molar-refractivity contribution in [2.24, 2.45) is 0 Å². The molecule has 1 nitrogen and oxygen atoms in total. The summed E-state index contributed by atoms with van der Waals surface area (Å²) in [5.74, 6) is -2.11. The molecule has 0 aliphatic rings. The lowest BCUT2D eigenvalue weighted by atomic mass is 10.0. The Balaban J connectivity index is 2.25. The first-order valence-corrected chi connectivity index (χ1v) is 6.78. The average molecular weight is 338 g/mol. The monoisotopic (exact) mass is 336 g/mol. The number of hydrogen-bond donors (Lipinski definition) is 1. The Kier molecular flexibility index (Phi) is 4.86. The van der Waals surface area contributed by atoms with E-state index in [0.29, 0.717) is 15.6 Å². The van der Waals surface area contributed by atoms with E-state index in [-0.39, 0.29) is 17.0 Å². The Hall–Kier alpha value is -0.870. The molecule has 2 aromatic rings. The van der Waals surface area contributed by atoms with Gasteiger partial charge in [-0.25, -0.2) is 8.78 Å². The highest BCUT2D eigenvalue weighted by Crippen LogP contribution is 2.30. The summed E-state index contributed by atoms with van der Waals surface area (Å²) in [4.78, 5) is 0. The Bertz CT molecular complexity index is 647. The molecule has 0 amide bonds. The summed E-state index contributed by atoms with van der Waals surface area (Å²) in [5, 5.41) is 10.8. The fourth-order valence-corrected chi connectivity index (χ4v) is 2.39. The van der Waals surface area contributed by atoms with Gasteiger partial charge in [0.2, 0.25) is 0 Å². The maximum atomic E-state index is 13.2. The number of halogens is 5. The minimum atomic E-state index is -1.07. The van der Waals surface area contributed by atoms with Gasteiger partial charge in [0.15, 0.2) is 11.6 Å². The maximum absolute atomic E-state index is 13.2. The SMILES string of the molecule is OC(Cc1ccc(Cl)c(Cl)c1)c1cc(F)c(F)cc1Cl. The van der Waals surface area contributed by atoms with E-state index < -0.39 is 17.7 Å². The van der Waals surface area contributed by atoms with Crippen molar-refractivity contribution < 1.29 is 13.9 Å². The van der Waals surface area contributed by atoms with Crippen LogP contribution in [0.5, 0.6) is 0 Å². The van der Waals surface area contributed by atoms with Crippen molar-refractivity contribution in [3.8, 4) is 0 Å². The fourth-order valence-electron chi connectivity index (χ4n) is 1.79. The zero-order valence-corrected chi connectivity index (χ0v) is 12.3. The highest BCUT2D eigenvalue weighted by Gasteiger charge is 2.16. The van der Waals surface area contributed by atoms with Gasteiger partial charge in [-0.05, 0) is 29.8 Å². The van der Waals surface area contributed by atoms with Crippen molar-refractivity contribution >= 4 is 34.8 Å². The number of benzene rings is 2. The second-order valence-corrected chi connectivity index (χ2v) is 5.48. The molecule has 0 bridgehead atoms. The standard InChI is InChI=1S/C14H9Cl3F2O/c15-9-2-1-7(3-11(9)17)4-14(20)8-5-12(18)13(19)6-10(8)16/h1-3,5-6,14,20H,4H2. The van der Waals surface area contributed by atoms with Gasteiger partial charge in [-0.1, -0.05) is 40.9 Å². The third-order valence-corrected chi connectivity index (χ3v) is 3.88. The predicted octanol–water partition coefficient (Wildman–Crippen LogP) is 5.20. The quantitative estimate of drug-likeness (QED) is 0.763. The van der Waals surface area contributed by atoms with E-state index in [4.69, 9.17) is 34.8 Å². The molecule has 0 saturated carbocycles. The highest BCUT2D eigenvalue weighted by atomic mass is 35.5. The van der Waals surface area contributed by atoms with Crippen LogP contribution in [0.25, 0.3) is 0 Å². The normalized spacial score (nSPS) is 12.5. The molecule has 0 aliphatic heterocycles. The molecule has 2 aromatic carbocycles. The van der Waals surface area contributed by atoms with E-state index in [9.17, 15) is 13.9 Å². The van der Waals surface area contributed by atoms with Crippen LogP contribution >= 0.6 is 34.8 Å². The molecular formula is C14H9Cl3F2O. The van der Waals surface area contributed by atoms with Gasteiger partial charge in [0, 0.05) is 17.0 Å². The molecule has 0 aromatic heterocycles. The fraction of sp³-hybridized carbons (Fsp3) is 0.143. The molecular weight excluding hydrogens is 329 g/mol. The summed E-state index contributed by atoms with van der Waals surface area (Å²) < 4.78 is 26.2. The molecule has 0 radical (unpaired) electrons. The van der Waals surface area contributed by atoms with Gasteiger partial charge in [0.25, 0.3) is 0 Å². The number of aliphatic hydroxyl groups excluding tert-OH is 1. The molecule has 2 rings (SSSR count). The lowest BCUT2D eigenvalue weighted by Gasteiger charge is -2.13.